The van der Waals surface area contributed by atoms with Gasteiger partial charge in [-0.25, -0.2) is 0 Å². The first-order chi connectivity index (χ1) is 9.06. The zero-order valence-corrected chi connectivity index (χ0v) is 12.1. The monoisotopic (exact) mass is 260 g/mol. The summed E-state index contributed by atoms with van der Waals surface area (Å²) in [7, 11) is 0. The van der Waals surface area contributed by atoms with Crippen molar-refractivity contribution >= 4 is 5.91 Å². The van der Waals surface area contributed by atoms with Crippen LogP contribution >= 0.6 is 0 Å². The Bertz CT molecular complexity index is 470. The minimum absolute atomic E-state index is 0.0277. The molecule has 1 amide bonds. The Kier molecular flexibility index (Phi) is 4.25. The second-order valence-electron chi connectivity index (χ2n) is 5.47. The third-order valence-electron chi connectivity index (χ3n) is 4.30. The number of likely N-dealkylation sites (N-methyl/N-ethyl adjacent to an activating group) is 1. The molecule has 1 aromatic rings. The highest BCUT2D eigenvalue weighted by atomic mass is 16.2. The van der Waals surface area contributed by atoms with Gasteiger partial charge in [-0.1, -0.05) is 18.2 Å². The van der Waals surface area contributed by atoms with Crippen molar-refractivity contribution in [3.8, 4) is 0 Å². The fourth-order valence-corrected chi connectivity index (χ4v) is 3.04. The summed E-state index contributed by atoms with van der Waals surface area (Å²) >= 11 is 0. The summed E-state index contributed by atoms with van der Waals surface area (Å²) in [5, 5.41) is 0. The van der Waals surface area contributed by atoms with E-state index >= 15 is 0 Å². The molecule has 1 heterocycles. The molecular weight excluding hydrogens is 236 g/mol. The molecule has 3 heteroatoms. The van der Waals surface area contributed by atoms with Crippen molar-refractivity contribution < 1.29 is 4.79 Å². The third kappa shape index (κ3) is 2.66. The standard InChI is InChI=1S/C16H24N2O/c1-4-18-15(19)10-6-9-14(17)16(18)13-8-5-7-11(2)12(13)3/h5,7-8,14,16H,4,6,9-10,17H2,1-3H3. The van der Waals surface area contributed by atoms with Gasteiger partial charge >= 0.3 is 0 Å². The number of carbonyl (C=O) groups is 1. The summed E-state index contributed by atoms with van der Waals surface area (Å²) in [5.74, 6) is 0.237. The Morgan fingerprint density at radius 1 is 1.37 bits per heavy atom. The third-order valence-corrected chi connectivity index (χ3v) is 4.30. The predicted molar refractivity (Wildman–Crippen MR) is 77.9 cm³/mol. The van der Waals surface area contributed by atoms with E-state index in [1.54, 1.807) is 0 Å². The number of aryl methyl sites for hydroxylation is 1. The van der Waals surface area contributed by atoms with Crippen LogP contribution in [0.3, 0.4) is 0 Å². The minimum Gasteiger partial charge on any atom is -0.334 e. The number of nitrogens with two attached hydrogens (primary N) is 1. The Morgan fingerprint density at radius 2 is 2.11 bits per heavy atom. The number of carbonyl (C=O) groups excluding carboxylic acids is 1. The number of hydrogen-bond donors (Lipinski definition) is 1. The van der Waals surface area contributed by atoms with E-state index < -0.39 is 0 Å². The van der Waals surface area contributed by atoms with E-state index in [0.29, 0.717) is 6.42 Å². The van der Waals surface area contributed by atoms with Crippen molar-refractivity contribution in [1.82, 2.24) is 4.90 Å². The van der Waals surface area contributed by atoms with Crippen LogP contribution in [0, 0.1) is 13.8 Å². The fraction of sp³-hybridized carbons (Fsp3) is 0.562. The molecule has 0 aliphatic carbocycles. The van der Waals surface area contributed by atoms with E-state index in [4.69, 9.17) is 5.73 Å². The van der Waals surface area contributed by atoms with Crippen LogP contribution in [0.2, 0.25) is 0 Å². The molecule has 2 unspecified atom stereocenters. The van der Waals surface area contributed by atoms with Crippen molar-refractivity contribution in [3.63, 3.8) is 0 Å². The molecule has 0 spiro atoms. The molecule has 1 aromatic carbocycles. The second-order valence-corrected chi connectivity index (χ2v) is 5.47. The summed E-state index contributed by atoms with van der Waals surface area (Å²) in [5.41, 5.74) is 10.1. The average molecular weight is 260 g/mol. The van der Waals surface area contributed by atoms with Gasteiger partial charge < -0.3 is 10.6 Å². The summed E-state index contributed by atoms with van der Waals surface area (Å²) in [6.07, 6.45) is 2.45. The first kappa shape index (κ1) is 14.1. The number of nitrogens with zero attached hydrogens (tertiary/aromatic N) is 1. The van der Waals surface area contributed by atoms with Crippen molar-refractivity contribution in [1.29, 1.82) is 0 Å². The quantitative estimate of drug-likeness (QED) is 0.888. The molecule has 0 radical (unpaired) electrons. The molecule has 19 heavy (non-hydrogen) atoms. The van der Waals surface area contributed by atoms with Gasteiger partial charge in [-0.15, -0.1) is 0 Å². The van der Waals surface area contributed by atoms with Gasteiger partial charge in [-0.2, -0.15) is 0 Å². The van der Waals surface area contributed by atoms with Crippen molar-refractivity contribution in [2.45, 2.75) is 52.1 Å². The number of likely N-dealkylation sites (tertiary alicyclic amines) is 1. The Labute approximate surface area is 115 Å². The maximum absolute atomic E-state index is 12.2. The van der Waals surface area contributed by atoms with E-state index in [1.807, 2.05) is 11.8 Å². The van der Waals surface area contributed by atoms with Gasteiger partial charge in [0.1, 0.15) is 0 Å². The van der Waals surface area contributed by atoms with E-state index in [2.05, 4.69) is 32.0 Å². The van der Waals surface area contributed by atoms with Gasteiger partial charge in [-0.05, 0) is 50.3 Å². The number of rotatable bonds is 2. The van der Waals surface area contributed by atoms with E-state index in [1.165, 1.54) is 16.7 Å². The molecular formula is C16H24N2O. The molecule has 1 saturated heterocycles. The van der Waals surface area contributed by atoms with Crippen LogP contribution in [-0.2, 0) is 4.79 Å². The highest BCUT2D eigenvalue weighted by Crippen LogP contribution is 2.32. The zero-order chi connectivity index (χ0) is 14.0. The molecule has 2 rings (SSSR count). The lowest BCUT2D eigenvalue weighted by atomic mass is 9.91. The number of amides is 1. The van der Waals surface area contributed by atoms with E-state index in [9.17, 15) is 4.79 Å². The molecule has 0 bridgehead atoms. The van der Waals surface area contributed by atoms with Crippen LogP contribution in [0.4, 0.5) is 0 Å². The van der Waals surface area contributed by atoms with Crippen LogP contribution in [0.15, 0.2) is 18.2 Å². The smallest absolute Gasteiger partial charge is 0.223 e. The molecule has 1 aliphatic heterocycles. The molecule has 104 valence electrons. The first-order valence-electron chi connectivity index (χ1n) is 7.17. The van der Waals surface area contributed by atoms with Crippen LogP contribution in [0.5, 0.6) is 0 Å². The van der Waals surface area contributed by atoms with Crippen molar-refractivity contribution in [2.24, 2.45) is 5.73 Å². The number of hydrogen-bond acceptors (Lipinski definition) is 2. The topological polar surface area (TPSA) is 46.3 Å². The fourth-order valence-electron chi connectivity index (χ4n) is 3.04. The van der Waals surface area contributed by atoms with Crippen LogP contribution < -0.4 is 5.73 Å². The highest BCUT2D eigenvalue weighted by molar-refractivity contribution is 5.77. The lowest BCUT2D eigenvalue weighted by molar-refractivity contribution is -0.133. The van der Waals surface area contributed by atoms with E-state index in [0.717, 1.165) is 19.4 Å². The highest BCUT2D eigenvalue weighted by Gasteiger charge is 2.32. The second kappa shape index (κ2) is 5.74. The maximum atomic E-state index is 12.2. The summed E-state index contributed by atoms with van der Waals surface area (Å²) in [6, 6.07) is 6.35. The molecule has 1 aliphatic rings. The predicted octanol–water partition coefficient (Wildman–Crippen LogP) is 2.70. The summed E-state index contributed by atoms with van der Waals surface area (Å²) < 4.78 is 0. The molecule has 0 saturated carbocycles. The summed E-state index contributed by atoms with van der Waals surface area (Å²) in [6.45, 7) is 7.00. The van der Waals surface area contributed by atoms with Gasteiger partial charge in [0.05, 0.1) is 6.04 Å². The Hall–Kier alpha value is -1.35. The molecule has 2 atom stereocenters. The van der Waals surface area contributed by atoms with Crippen LogP contribution in [0.1, 0.15) is 48.9 Å². The first-order valence-corrected chi connectivity index (χ1v) is 7.17. The Morgan fingerprint density at radius 3 is 2.79 bits per heavy atom. The van der Waals surface area contributed by atoms with Crippen molar-refractivity contribution in [2.75, 3.05) is 6.54 Å². The minimum atomic E-state index is 0.0277. The SMILES string of the molecule is CCN1C(=O)CCCC(N)C1c1cccc(C)c1C. The van der Waals surface area contributed by atoms with Gasteiger partial charge in [-0.3, -0.25) is 4.79 Å². The van der Waals surface area contributed by atoms with Crippen LogP contribution in [-0.4, -0.2) is 23.4 Å². The molecule has 2 N–H and O–H groups in total. The largest absolute Gasteiger partial charge is 0.334 e. The lowest BCUT2D eigenvalue weighted by Gasteiger charge is -2.34. The van der Waals surface area contributed by atoms with Gasteiger partial charge in [0, 0.05) is 19.0 Å². The van der Waals surface area contributed by atoms with Crippen LogP contribution in [0.25, 0.3) is 0 Å². The molecule has 3 nitrogen and oxygen atoms in total. The maximum Gasteiger partial charge on any atom is 0.223 e. The van der Waals surface area contributed by atoms with E-state index in [-0.39, 0.29) is 18.0 Å². The molecule has 1 fully saturated rings. The number of benzene rings is 1. The lowest BCUT2D eigenvalue weighted by Crippen LogP contribution is -2.42. The van der Waals surface area contributed by atoms with Gasteiger partial charge in [0.25, 0.3) is 0 Å². The van der Waals surface area contributed by atoms with Gasteiger partial charge in [0.15, 0.2) is 0 Å². The summed E-state index contributed by atoms with van der Waals surface area (Å²) in [4.78, 5) is 14.2. The Balaban J connectivity index is 2.47. The van der Waals surface area contributed by atoms with Gasteiger partial charge in [0.2, 0.25) is 5.91 Å². The normalized spacial score (nSPS) is 24.4. The average Bonchev–Trinajstić information content (AvgIpc) is 2.52. The van der Waals surface area contributed by atoms with Crippen molar-refractivity contribution in [3.05, 3.63) is 34.9 Å². The zero-order valence-electron chi connectivity index (χ0n) is 12.1. The molecule has 0 aromatic heterocycles.